The van der Waals surface area contributed by atoms with Crippen LogP contribution in [0.3, 0.4) is 0 Å². The van der Waals surface area contributed by atoms with Gasteiger partial charge in [-0.3, -0.25) is 13.9 Å². The number of nitrogens with one attached hydrogen (secondary N) is 2. The molecule has 0 atom stereocenters. The minimum atomic E-state index is -3.32. The van der Waals surface area contributed by atoms with Gasteiger partial charge in [-0.05, 0) is 42.0 Å². The second-order valence-corrected chi connectivity index (χ2v) is 7.89. The van der Waals surface area contributed by atoms with E-state index in [0.717, 1.165) is 11.8 Å². The maximum Gasteiger partial charge on any atom is 0.231 e. The van der Waals surface area contributed by atoms with Crippen molar-refractivity contribution in [1.82, 2.24) is 0 Å². The molecule has 7 nitrogen and oxygen atoms in total. The lowest BCUT2D eigenvalue weighted by Gasteiger charge is -2.16. The van der Waals surface area contributed by atoms with E-state index < -0.39 is 10.0 Å². The summed E-state index contributed by atoms with van der Waals surface area (Å²) in [4.78, 5) is 23.1. The molecule has 0 aliphatic carbocycles. The number of hydrogen-bond donors (Lipinski definition) is 2. The lowest BCUT2D eigenvalue weighted by molar-refractivity contribution is -0.116. The average Bonchev–Trinajstić information content (AvgIpc) is 2.55. The molecule has 0 saturated heterocycles. The number of carbonyl (C=O) groups is 2. The number of anilines is 3. The zero-order valence-electron chi connectivity index (χ0n) is 14.8. The summed E-state index contributed by atoms with van der Waals surface area (Å²) in [6.07, 6.45) is 1.29. The highest BCUT2D eigenvalue weighted by Gasteiger charge is 2.12. The third-order valence-corrected chi connectivity index (χ3v) is 4.86. The zero-order chi connectivity index (χ0) is 19.3. The molecule has 0 unspecified atom stereocenters. The van der Waals surface area contributed by atoms with E-state index in [4.69, 9.17) is 0 Å². The third kappa shape index (κ3) is 5.59. The van der Waals surface area contributed by atoms with E-state index in [9.17, 15) is 18.0 Å². The summed E-state index contributed by atoms with van der Waals surface area (Å²) in [6.45, 7) is 1.43. The van der Waals surface area contributed by atoms with Gasteiger partial charge < -0.3 is 10.6 Å². The Morgan fingerprint density at radius 2 is 1.42 bits per heavy atom. The molecule has 26 heavy (non-hydrogen) atoms. The number of hydrogen-bond acceptors (Lipinski definition) is 4. The van der Waals surface area contributed by atoms with Crippen LogP contribution in [0.1, 0.15) is 12.5 Å². The zero-order valence-corrected chi connectivity index (χ0v) is 15.6. The molecule has 0 aliphatic heterocycles. The maximum atomic E-state index is 12.1. The predicted molar refractivity (Wildman–Crippen MR) is 103 cm³/mol. The van der Waals surface area contributed by atoms with Crippen LogP contribution < -0.4 is 14.9 Å². The highest BCUT2D eigenvalue weighted by atomic mass is 32.2. The van der Waals surface area contributed by atoms with Crippen LogP contribution in [-0.4, -0.2) is 33.5 Å². The molecule has 8 heteroatoms. The first kappa shape index (κ1) is 19.5. The van der Waals surface area contributed by atoms with Gasteiger partial charge >= 0.3 is 0 Å². The summed E-state index contributed by atoms with van der Waals surface area (Å²) in [5.74, 6) is -0.353. The van der Waals surface area contributed by atoms with Crippen molar-refractivity contribution in [3.8, 4) is 0 Å². The summed E-state index contributed by atoms with van der Waals surface area (Å²) in [7, 11) is -1.84. The van der Waals surface area contributed by atoms with E-state index in [2.05, 4.69) is 10.6 Å². The van der Waals surface area contributed by atoms with E-state index in [0.29, 0.717) is 17.1 Å². The number of sulfonamides is 1. The summed E-state index contributed by atoms with van der Waals surface area (Å²) in [5.41, 5.74) is 2.58. The Labute approximate surface area is 153 Å². The molecular formula is C18H21N3O4S. The van der Waals surface area contributed by atoms with Crippen molar-refractivity contribution in [1.29, 1.82) is 0 Å². The molecule has 0 aromatic heterocycles. The fraction of sp³-hybridized carbons (Fsp3) is 0.222. The summed E-state index contributed by atoms with van der Waals surface area (Å²) in [6, 6.07) is 13.6. The molecule has 0 radical (unpaired) electrons. The van der Waals surface area contributed by atoms with Gasteiger partial charge in [-0.1, -0.05) is 12.1 Å². The fourth-order valence-electron chi connectivity index (χ4n) is 2.25. The second kappa shape index (κ2) is 8.01. The molecular weight excluding hydrogens is 354 g/mol. The maximum absolute atomic E-state index is 12.1. The lowest BCUT2D eigenvalue weighted by atomic mass is 10.1. The molecule has 138 valence electrons. The van der Waals surface area contributed by atoms with Crippen LogP contribution >= 0.6 is 0 Å². The lowest BCUT2D eigenvalue weighted by Crippen LogP contribution is -2.24. The summed E-state index contributed by atoms with van der Waals surface area (Å²) >= 11 is 0. The number of benzene rings is 2. The SMILES string of the molecule is CC(=O)Nc1ccc(NC(=O)Cc2ccc(N(C)S(C)(=O)=O)cc2)cc1. The Hall–Kier alpha value is -2.87. The standard InChI is InChI=1S/C18H21N3O4S/c1-13(22)19-15-6-8-16(9-7-15)20-18(23)12-14-4-10-17(11-5-14)21(2)26(3,24)25/h4-11H,12H2,1-3H3,(H,19,22)(H,20,23). The van der Waals surface area contributed by atoms with Gasteiger partial charge in [0, 0.05) is 25.3 Å². The van der Waals surface area contributed by atoms with E-state index in [1.165, 1.54) is 18.3 Å². The molecule has 2 rings (SSSR count). The predicted octanol–water partition coefficient (Wildman–Crippen LogP) is 2.22. The minimum absolute atomic E-state index is 0.160. The Kier molecular flexibility index (Phi) is 5.99. The van der Waals surface area contributed by atoms with Crippen LogP contribution in [0.4, 0.5) is 17.1 Å². The molecule has 2 amide bonds. The number of carbonyl (C=O) groups excluding carboxylic acids is 2. The van der Waals surface area contributed by atoms with Gasteiger partial charge in [0.05, 0.1) is 18.4 Å². The van der Waals surface area contributed by atoms with Crippen LogP contribution in [0.25, 0.3) is 0 Å². The fourth-order valence-corrected chi connectivity index (χ4v) is 2.75. The van der Waals surface area contributed by atoms with Crippen molar-refractivity contribution in [2.75, 3.05) is 28.2 Å². The molecule has 0 bridgehead atoms. The monoisotopic (exact) mass is 375 g/mol. The normalized spacial score (nSPS) is 10.9. The quantitative estimate of drug-likeness (QED) is 0.809. The Balaban J connectivity index is 1.96. The van der Waals surface area contributed by atoms with Crippen LogP contribution in [-0.2, 0) is 26.0 Å². The Morgan fingerprint density at radius 3 is 1.88 bits per heavy atom. The van der Waals surface area contributed by atoms with E-state index in [1.54, 1.807) is 48.5 Å². The number of nitrogens with zero attached hydrogens (tertiary/aromatic N) is 1. The Bertz CT molecular complexity index is 891. The molecule has 2 aromatic rings. The van der Waals surface area contributed by atoms with Gasteiger partial charge in [-0.2, -0.15) is 0 Å². The highest BCUT2D eigenvalue weighted by molar-refractivity contribution is 7.92. The van der Waals surface area contributed by atoms with Crippen molar-refractivity contribution >= 4 is 38.9 Å². The minimum Gasteiger partial charge on any atom is -0.326 e. The van der Waals surface area contributed by atoms with Crippen molar-refractivity contribution in [2.45, 2.75) is 13.3 Å². The van der Waals surface area contributed by atoms with Crippen LogP contribution in [0.15, 0.2) is 48.5 Å². The first-order valence-electron chi connectivity index (χ1n) is 7.85. The largest absolute Gasteiger partial charge is 0.326 e. The molecule has 0 heterocycles. The molecule has 0 aliphatic rings. The van der Waals surface area contributed by atoms with Gasteiger partial charge in [-0.15, -0.1) is 0 Å². The van der Waals surface area contributed by atoms with Crippen molar-refractivity contribution in [3.63, 3.8) is 0 Å². The second-order valence-electron chi connectivity index (χ2n) is 5.88. The number of amides is 2. The smallest absolute Gasteiger partial charge is 0.231 e. The van der Waals surface area contributed by atoms with E-state index >= 15 is 0 Å². The first-order chi connectivity index (χ1) is 12.1. The van der Waals surface area contributed by atoms with Crippen molar-refractivity contribution in [2.24, 2.45) is 0 Å². The molecule has 2 aromatic carbocycles. The first-order valence-corrected chi connectivity index (χ1v) is 9.70. The van der Waals surface area contributed by atoms with Gasteiger partial charge in [0.15, 0.2) is 0 Å². The van der Waals surface area contributed by atoms with E-state index in [-0.39, 0.29) is 18.2 Å². The highest BCUT2D eigenvalue weighted by Crippen LogP contribution is 2.17. The van der Waals surface area contributed by atoms with Gasteiger partial charge in [0.1, 0.15) is 0 Å². The van der Waals surface area contributed by atoms with Crippen LogP contribution in [0.5, 0.6) is 0 Å². The summed E-state index contributed by atoms with van der Waals surface area (Å²) < 4.78 is 24.2. The molecule has 0 saturated carbocycles. The van der Waals surface area contributed by atoms with E-state index in [1.807, 2.05) is 0 Å². The molecule has 0 spiro atoms. The van der Waals surface area contributed by atoms with Crippen LogP contribution in [0, 0.1) is 0 Å². The molecule has 0 fully saturated rings. The van der Waals surface area contributed by atoms with Crippen molar-refractivity contribution in [3.05, 3.63) is 54.1 Å². The van der Waals surface area contributed by atoms with Gasteiger partial charge in [-0.25, -0.2) is 8.42 Å². The molecule has 2 N–H and O–H groups in total. The van der Waals surface area contributed by atoms with Crippen LogP contribution in [0.2, 0.25) is 0 Å². The van der Waals surface area contributed by atoms with Crippen molar-refractivity contribution < 1.29 is 18.0 Å². The average molecular weight is 375 g/mol. The topological polar surface area (TPSA) is 95.6 Å². The van der Waals surface area contributed by atoms with Gasteiger partial charge in [0.2, 0.25) is 21.8 Å². The Morgan fingerprint density at radius 1 is 0.923 bits per heavy atom. The third-order valence-electron chi connectivity index (χ3n) is 3.65. The number of rotatable bonds is 6. The van der Waals surface area contributed by atoms with Gasteiger partial charge in [0.25, 0.3) is 0 Å². The summed E-state index contributed by atoms with van der Waals surface area (Å²) in [5, 5.41) is 5.43.